The number of hydrogen-bond acceptors (Lipinski definition) is 3. The Morgan fingerprint density at radius 2 is 1.84 bits per heavy atom. The lowest BCUT2D eigenvalue weighted by atomic mass is 9.65. The Bertz CT molecular complexity index is 1010. The summed E-state index contributed by atoms with van der Waals surface area (Å²) in [7, 11) is 1.66. The smallest absolute Gasteiger partial charge is 0.422 e. The monoisotopic (exact) mass is 462 g/mol. The van der Waals surface area contributed by atoms with Crippen molar-refractivity contribution >= 4 is 23.2 Å². The summed E-state index contributed by atoms with van der Waals surface area (Å²) in [6, 6.07) is 4.99. The van der Waals surface area contributed by atoms with Crippen molar-refractivity contribution in [2.24, 2.45) is 17.3 Å². The van der Waals surface area contributed by atoms with Gasteiger partial charge in [-0.15, -0.1) is 0 Å². The summed E-state index contributed by atoms with van der Waals surface area (Å²) in [6.45, 7) is -1.37. The van der Waals surface area contributed by atoms with Crippen LogP contribution in [0.2, 0.25) is 0 Å². The number of amides is 1. The molecule has 170 valence electrons. The highest BCUT2D eigenvalue weighted by Gasteiger charge is 2.66. The molecule has 3 atom stereocenters. The normalized spacial score (nSPS) is 33.4. The van der Waals surface area contributed by atoms with Crippen molar-refractivity contribution in [3.8, 4) is 5.75 Å². The van der Waals surface area contributed by atoms with E-state index in [0.717, 1.165) is 31.2 Å². The van der Waals surface area contributed by atoms with Crippen molar-refractivity contribution in [3.05, 3.63) is 53.6 Å². The van der Waals surface area contributed by atoms with E-state index in [1.54, 1.807) is 19.2 Å². The first-order valence-corrected chi connectivity index (χ1v) is 11.3. The molecule has 1 aromatic carbocycles. The fourth-order valence-electron chi connectivity index (χ4n) is 6.16. The highest BCUT2D eigenvalue weighted by atomic mass is 32.1. The van der Waals surface area contributed by atoms with Gasteiger partial charge in [-0.25, -0.2) is 0 Å². The first-order valence-electron chi connectivity index (χ1n) is 10.9. The van der Waals surface area contributed by atoms with Gasteiger partial charge in [0.1, 0.15) is 5.75 Å². The summed E-state index contributed by atoms with van der Waals surface area (Å²) in [4.78, 5) is 15.2. The Morgan fingerprint density at radius 1 is 1.19 bits per heavy atom. The minimum absolute atomic E-state index is 0.112. The summed E-state index contributed by atoms with van der Waals surface area (Å²) >= 11 is 5.47. The predicted molar refractivity (Wildman–Crippen MR) is 118 cm³/mol. The van der Waals surface area contributed by atoms with Gasteiger partial charge in [-0.1, -0.05) is 30.4 Å². The number of ether oxygens (including phenoxy) is 1. The molecule has 8 heteroatoms. The zero-order valence-electron chi connectivity index (χ0n) is 17.7. The minimum Gasteiger partial charge on any atom is -0.484 e. The van der Waals surface area contributed by atoms with E-state index in [1.165, 1.54) is 4.90 Å². The van der Waals surface area contributed by atoms with E-state index in [0.29, 0.717) is 28.9 Å². The van der Waals surface area contributed by atoms with E-state index >= 15 is 0 Å². The molecule has 4 nitrogen and oxygen atoms in total. The van der Waals surface area contributed by atoms with Gasteiger partial charge in [-0.3, -0.25) is 9.69 Å². The van der Waals surface area contributed by atoms with Crippen LogP contribution < -0.4 is 10.1 Å². The van der Waals surface area contributed by atoms with Gasteiger partial charge in [0, 0.05) is 12.5 Å². The number of rotatable bonds is 2. The Kier molecular flexibility index (Phi) is 4.93. The number of hydrogen-bond donors (Lipinski definition) is 1. The Morgan fingerprint density at radius 3 is 2.41 bits per heavy atom. The van der Waals surface area contributed by atoms with Crippen LogP contribution in [0.3, 0.4) is 0 Å². The number of nitrogens with zero attached hydrogens (tertiary/aromatic N) is 1. The van der Waals surface area contributed by atoms with E-state index < -0.39 is 23.7 Å². The van der Waals surface area contributed by atoms with Crippen LogP contribution in [0.4, 0.5) is 13.2 Å². The number of likely N-dealkylation sites (N-methyl/N-ethyl adjacent to an activating group) is 1. The van der Waals surface area contributed by atoms with Crippen LogP contribution in [0.15, 0.2) is 42.5 Å². The number of benzene rings is 1. The van der Waals surface area contributed by atoms with Gasteiger partial charge in [0.15, 0.2) is 17.3 Å². The fraction of sp³-hybridized carbons (Fsp3) is 0.500. The van der Waals surface area contributed by atoms with Crippen LogP contribution in [-0.2, 0) is 16.8 Å². The number of carbonyl (C=O) groups excluding carboxylic acids is 1. The van der Waals surface area contributed by atoms with E-state index in [1.807, 2.05) is 6.07 Å². The molecule has 1 aliphatic heterocycles. The van der Waals surface area contributed by atoms with Crippen LogP contribution in [0.25, 0.3) is 0 Å². The Balaban J connectivity index is 1.58. The van der Waals surface area contributed by atoms with Crippen molar-refractivity contribution in [2.45, 2.75) is 43.8 Å². The molecular formula is C24H25F3N2O2S. The van der Waals surface area contributed by atoms with Crippen molar-refractivity contribution in [2.75, 3.05) is 13.7 Å². The van der Waals surface area contributed by atoms with E-state index in [9.17, 15) is 18.0 Å². The molecule has 3 aliphatic carbocycles. The number of allylic oxidation sites excluding steroid dienone is 4. The SMILES string of the molecule is CN1C(=O)C2(NC1=S)c1cc(OCC(F)(F)F)ccc1CC21CCC2C=CC=CC2CC1. The summed E-state index contributed by atoms with van der Waals surface area (Å²) in [5.74, 6) is 0.852. The molecule has 1 saturated heterocycles. The molecule has 1 amide bonds. The predicted octanol–water partition coefficient (Wildman–Crippen LogP) is 4.64. The van der Waals surface area contributed by atoms with Gasteiger partial charge in [0.2, 0.25) is 0 Å². The molecule has 3 unspecified atom stereocenters. The number of halogens is 3. The molecule has 1 aromatic rings. The molecule has 1 heterocycles. The topological polar surface area (TPSA) is 41.6 Å². The molecule has 0 bridgehead atoms. The highest BCUT2D eigenvalue weighted by Crippen LogP contribution is 2.60. The van der Waals surface area contributed by atoms with Crippen LogP contribution in [0.1, 0.15) is 36.8 Å². The number of alkyl halides is 3. The molecule has 4 aliphatic rings. The van der Waals surface area contributed by atoms with Gasteiger partial charge in [0.25, 0.3) is 5.91 Å². The summed E-state index contributed by atoms with van der Waals surface area (Å²) in [5, 5.41) is 3.70. The quantitative estimate of drug-likeness (QED) is 0.650. The second kappa shape index (κ2) is 7.33. The van der Waals surface area contributed by atoms with Crippen molar-refractivity contribution in [1.29, 1.82) is 0 Å². The molecule has 1 saturated carbocycles. The molecule has 32 heavy (non-hydrogen) atoms. The highest BCUT2D eigenvalue weighted by molar-refractivity contribution is 7.80. The van der Waals surface area contributed by atoms with Crippen molar-refractivity contribution < 1.29 is 22.7 Å². The van der Waals surface area contributed by atoms with Gasteiger partial charge in [0.05, 0.1) is 0 Å². The van der Waals surface area contributed by atoms with Gasteiger partial charge in [-0.05, 0) is 79.4 Å². The zero-order valence-corrected chi connectivity index (χ0v) is 18.6. The largest absolute Gasteiger partial charge is 0.484 e. The van der Waals surface area contributed by atoms with Crippen LogP contribution in [0.5, 0.6) is 5.75 Å². The van der Waals surface area contributed by atoms with Crippen molar-refractivity contribution in [1.82, 2.24) is 10.2 Å². The van der Waals surface area contributed by atoms with Gasteiger partial charge < -0.3 is 10.1 Å². The number of thiocarbonyl (C=S) groups is 1. The number of nitrogens with one attached hydrogen (secondary N) is 1. The summed E-state index contributed by atoms with van der Waals surface area (Å²) in [6.07, 6.45) is 8.49. The summed E-state index contributed by atoms with van der Waals surface area (Å²) < 4.78 is 43.2. The second-order valence-electron chi connectivity index (χ2n) is 9.40. The van der Waals surface area contributed by atoms with Crippen LogP contribution in [0, 0.1) is 17.3 Å². The second-order valence-corrected chi connectivity index (χ2v) is 9.79. The number of carbonyl (C=O) groups is 1. The van der Waals surface area contributed by atoms with Crippen LogP contribution in [-0.4, -0.2) is 35.8 Å². The third-order valence-electron chi connectivity index (χ3n) is 7.73. The lowest BCUT2D eigenvalue weighted by Crippen LogP contribution is -2.55. The molecule has 1 N–H and O–H groups in total. The molecule has 2 fully saturated rings. The zero-order chi connectivity index (χ0) is 22.7. The first kappa shape index (κ1) is 21.5. The van der Waals surface area contributed by atoms with Crippen molar-refractivity contribution in [3.63, 3.8) is 0 Å². The number of fused-ring (bicyclic) bond motifs is 4. The maximum atomic E-state index is 13.8. The third kappa shape index (κ3) is 3.17. The third-order valence-corrected chi connectivity index (χ3v) is 8.10. The lowest BCUT2D eigenvalue weighted by Gasteiger charge is -2.42. The summed E-state index contributed by atoms with van der Waals surface area (Å²) in [5.41, 5.74) is 0.194. The van der Waals surface area contributed by atoms with Gasteiger partial charge >= 0.3 is 6.18 Å². The molecular weight excluding hydrogens is 437 g/mol. The maximum absolute atomic E-state index is 13.8. The molecule has 5 rings (SSSR count). The first-order chi connectivity index (χ1) is 15.2. The molecule has 0 aromatic heterocycles. The van der Waals surface area contributed by atoms with Gasteiger partial charge in [-0.2, -0.15) is 13.2 Å². The Labute approximate surface area is 190 Å². The average molecular weight is 463 g/mol. The van der Waals surface area contributed by atoms with E-state index in [4.69, 9.17) is 17.0 Å². The Hall–Kier alpha value is -2.35. The van der Waals surface area contributed by atoms with E-state index in [2.05, 4.69) is 29.6 Å². The maximum Gasteiger partial charge on any atom is 0.422 e. The lowest BCUT2D eigenvalue weighted by molar-refractivity contribution is -0.153. The standard InChI is InChI=1S/C24H25F3N2O2S/c1-29-20(30)24(28-21(29)32)19-12-18(31-14-23(25,26)27)7-6-17(19)13-22(24)10-8-15-4-2-3-5-16(15)9-11-22/h2-7,12,15-16H,8-11,13-14H2,1H3,(H,28,32). The van der Waals surface area contributed by atoms with Crippen LogP contribution >= 0.6 is 12.2 Å². The minimum atomic E-state index is -4.43. The fourth-order valence-corrected chi connectivity index (χ4v) is 6.40. The van der Waals surface area contributed by atoms with E-state index in [-0.39, 0.29) is 11.7 Å². The molecule has 2 spiro atoms. The average Bonchev–Trinajstić information content (AvgIpc) is 3.05. The molecule has 0 radical (unpaired) electrons.